The quantitative estimate of drug-likeness (QED) is 0.900. The van der Waals surface area contributed by atoms with Crippen LogP contribution in [0.2, 0.25) is 0 Å². The predicted molar refractivity (Wildman–Crippen MR) is 76.0 cm³/mol. The largest absolute Gasteiger partial charge is 0.336 e. The van der Waals surface area contributed by atoms with Gasteiger partial charge < -0.3 is 9.88 Å². The van der Waals surface area contributed by atoms with Crippen molar-refractivity contribution in [2.75, 3.05) is 13.6 Å². The van der Waals surface area contributed by atoms with E-state index in [0.29, 0.717) is 5.41 Å². The van der Waals surface area contributed by atoms with Gasteiger partial charge in [-0.25, -0.2) is 4.98 Å². The van der Waals surface area contributed by atoms with Gasteiger partial charge in [0.05, 0.1) is 12.0 Å². The Morgan fingerprint density at radius 3 is 2.42 bits per heavy atom. The molecule has 19 heavy (non-hydrogen) atoms. The first-order chi connectivity index (χ1) is 9.27. The lowest BCUT2D eigenvalue weighted by atomic mass is 9.49. The Morgan fingerprint density at radius 2 is 1.84 bits per heavy atom. The fourth-order valence-corrected chi connectivity index (χ4v) is 5.42. The maximum absolute atomic E-state index is 4.79. The molecule has 1 N–H and O–H groups in total. The molecule has 4 fully saturated rings. The topological polar surface area (TPSA) is 29.9 Å². The lowest BCUT2D eigenvalue weighted by molar-refractivity contribution is -0.00706. The zero-order chi connectivity index (χ0) is 12.9. The average molecular weight is 259 g/mol. The molecule has 1 heterocycles. The van der Waals surface area contributed by atoms with Gasteiger partial charge in [0.25, 0.3) is 0 Å². The average Bonchev–Trinajstić information content (AvgIpc) is 2.84. The highest BCUT2D eigenvalue weighted by Gasteiger charge is 2.52. The normalized spacial score (nSPS) is 39.9. The SMILES string of the molecule is CNCCn1cnc(C23CC4CC(CC(C4)C2)C3)c1. The molecule has 1 aromatic heterocycles. The molecule has 4 bridgehead atoms. The van der Waals surface area contributed by atoms with Crippen molar-refractivity contribution in [2.45, 2.75) is 50.5 Å². The van der Waals surface area contributed by atoms with Crippen molar-refractivity contribution in [3.8, 4) is 0 Å². The number of likely N-dealkylation sites (N-methyl/N-ethyl adjacent to an activating group) is 1. The van der Waals surface area contributed by atoms with Crippen molar-refractivity contribution in [3.63, 3.8) is 0 Å². The van der Waals surface area contributed by atoms with E-state index in [-0.39, 0.29) is 0 Å². The van der Waals surface area contributed by atoms with E-state index in [1.54, 1.807) is 0 Å². The van der Waals surface area contributed by atoms with Crippen LogP contribution >= 0.6 is 0 Å². The first kappa shape index (κ1) is 12.0. The van der Waals surface area contributed by atoms with Crippen molar-refractivity contribution in [3.05, 3.63) is 18.2 Å². The van der Waals surface area contributed by atoms with Gasteiger partial charge in [-0.2, -0.15) is 0 Å². The van der Waals surface area contributed by atoms with E-state index in [1.807, 2.05) is 13.4 Å². The second-order valence-electron chi connectivity index (χ2n) is 7.30. The van der Waals surface area contributed by atoms with E-state index in [0.717, 1.165) is 30.8 Å². The fourth-order valence-electron chi connectivity index (χ4n) is 5.42. The van der Waals surface area contributed by atoms with Gasteiger partial charge in [0.1, 0.15) is 0 Å². The molecule has 0 amide bonds. The first-order valence-electron chi connectivity index (χ1n) is 7.94. The third-order valence-electron chi connectivity index (χ3n) is 5.83. The molecule has 0 atom stereocenters. The minimum atomic E-state index is 0.458. The Bertz CT molecular complexity index is 427. The lowest BCUT2D eigenvalue weighted by Gasteiger charge is -2.56. The van der Waals surface area contributed by atoms with Crippen LogP contribution in [0.25, 0.3) is 0 Å². The van der Waals surface area contributed by atoms with Gasteiger partial charge in [0.2, 0.25) is 0 Å². The van der Waals surface area contributed by atoms with Gasteiger partial charge in [0, 0.05) is 24.7 Å². The molecule has 104 valence electrons. The molecule has 0 saturated heterocycles. The van der Waals surface area contributed by atoms with Crippen LogP contribution in [0.4, 0.5) is 0 Å². The maximum atomic E-state index is 4.79. The van der Waals surface area contributed by atoms with Crippen molar-refractivity contribution in [2.24, 2.45) is 17.8 Å². The highest BCUT2D eigenvalue weighted by atomic mass is 15.1. The zero-order valence-corrected chi connectivity index (χ0v) is 11.9. The van der Waals surface area contributed by atoms with Crippen LogP contribution in [0.3, 0.4) is 0 Å². The summed E-state index contributed by atoms with van der Waals surface area (Å²) in [7, 11) is 2.01. The highest BCUT2D eigenvalue weighted by Crippen LogP contribution is 2.60. The van der Waals surface area contributed by atoms with E-state index in [9.17, 15) is 0 Å². The summed E-state index contributed by atoms with van der Waals surface area (Å²) in [5.74, 6) is 3.02. The number of aromatic nitrogens is 2. The van der Waals surface area contributed by atoms with E-state index in [2.05, 4.69) is 16.1 Å². The predicted octanol–water partition coefficient (Wildman–Crippen LogP) is 2.57. The molecular formula is C16H25N3. The number of rotatable bonds is 4. The molecule has 0 spiro atoms. The van der Waals surface area contributed by atoms with Gasteiger partial charge in [-0.05, 0) is 63.3 Å². The van der Waals surface area contributed by atoms with Crippen LogP contribution in [0, 0.1) is 17.8 Å². The standard InChI is InChI=1S/C16H25N3/c1-17-2-3-19-10-15(18-11-19)16-7-12-4-13(8-16)6-14(5-12)9-16/h10-14,17H,2-9H2,1H3. The molecule has 0 unspecified atom stereocenters. The number of hydrogen-bond acceptors (Lipinski definition) is 2. The molecule has 4 aliphatic carbocycles. The van der Waals surface area contributed by atoms with E-state index in [1.165, 1.54) is 44.2 Å². The van der Waals surface area contributed by atoms with Gasteiger partial charge in [-0.1, -0.05) is 0 Å². The van der Waals surface area contributed by atoms with Crippen LogP contribution in [0.5, 0.6) is 0 Å². The van der Waals surface area contributed by atoms with Gasteiger partial charge in [-0.3, -0.25) is 0 Å². The molecule has 1 aromatic rings. The smallest absolute Gasteiger partial charge is 0.0950 e. The monoisotopic (exact) mass is 259 g/mol. The fraction of sp³-hybridized carbons (Fsp3) is 0.812. The summed E-state index contributed by atoms with van der Waals surface area (Å²) in [5, 5.41) is 3.21. The Labute approximate surface area is 115 Å². The summed E-state index contributed by atoms with van der Waals surface area (Å²) in [6.45, 7) is 2.06. The van der Waals surface area contributed by atoms with Crippen LogP contribution in [0.15, 0.2) is 12.5 Å². The summed E-state index contributed by atoms with van der Waals surface area (Å²) in [5.41, 5.74) is 1.86. The maximum Gasteiger partial charge on any atom is 0.0950 e. The molecule has 4 aliphatic rings. The number of nitrogens with one attached hydrogen (secondary N) is 1. The third kappa shape index (κ3) is 1.94. The molecule has 4 saturated carbocycles. The number of hydrogen-bond donors (Lipinski definition) is 1. The second kappa shape index (κ2) is 4.34. The molecule has 0 radical (unpaired) electrons. The van der Waals surface area contributed by atoms with Crippen molar-refractivity contribution in [1.29, 1.82) is 0 Å². The van der Waals surface area contributed by atoms with Crippen LogP contribution in [-0.4, -0.2) is 23.1 Å². The van der Waals surface area contributed by atoms with E-state index < -0.39 is 0 Å². The van der Waals surface area contributed by atoms with Crippen LogP contribution in [-0.2, 0) is 12.0 Å². The van der Waals surface area contributed by atoms with Crippen molar-refractivity contribution >= 4 is 0 Å². The summed E-state index contributed by atoms with van der Waals surface area (Å²) in [6, 6.07) is 0. The Kier molecular flexibility index (Phi) is 2.73. The van der Waals surface area contributed by atoms with Crippen molar-refractivity contribution < 1.29 is 0 Å². The molecule has 0 aromatic carbocycles. The molecular weight excluding hydrogens is 234 g/mol. The number of imidazole rings is 1. The van der Waals surface area contributed by atoms with Gasteiger partial charge in [-0.15, -0.1) is 0 Å². The third-order valence-corrected chi connectivity index (χ3v) is 5.83. The Balaban J connectivity index is 1.59. The highest BCUT2D eigenvalue weighted by molar-refractivity contribution is 5.21. The zero-order valence-electron chi connectivity index (χ0n) is 11.9. The van der Waals surface area contributed by atoms with Crippen molar-refractivity contribution in [1.82, 2.24) is 14.9 Å². The Morgan fingerprint density at radius 1 is 1.21 bits per heavy atom. The minimum absolute atomic E-state index is 0.458. The number of nitrogens with zero attached hydrogens (tertiary/aromatic N) is 2. The minimum Gasteiger partial charge on any atom is -0.336 e. The van der Waals surface area contributed by atoms with E-state index in [4.69, 9.17) is 4.98 Å². The summed E-state index contributed by atoms with van der Waals surface area (Å²) in [6.07, 6.45) is 13.2. The van der Waals surface area contributed by atoms with Gasteiger partial charge >= 0.3 is 0 Å². The first-order valence-corrected chi connectivity index (χ1v) is 7.94. The molecule has 3 nitrogen and oxygen atoms in total. The molecule has 3 heteroatoms. The van der Waals surface area contributed by atoms with Crippen LogP contribution < -0.4 is 5.32 Å². The second-order valence-corrected chi connectivity index (χ2v) is 7.30. The van der Waals surface area contributed by atoms with E-state index >= 15 is 0 Å². The van der Waals surface area contributed by atoms with Crippen LogP contribution in [0.1, 0.15) is 44.2 Å². The lowest BCUT2D eigenvalue weighted by Crippen LogP contribution is -2.48. The molecule has 5 rings (SSSR count). The Hall–Kier alpha value is -0.830. The summed E-state index contributed by atoms with van der Waals surface area (Å²) < 4.78 is 2.27. The molecule has 0 aliphatic heterocycles. The van der Waals surface area contributed by atoms with Gasteiger partial charge in [0.15, 0.2) is 0 Å². The summed E-state index contributed by atoms with van der Waals surface area (Å²) >= 11 is 0. The summed E-state index contributed by atoms with van der Waals surface area (Å²) in [4.78, 5) is 4.79.